The summed E-state index contributed by atoms with van der Waals surface area (Å²) in [7, 11) is 0. The lowest BCUT2D eigenvalue weighted by Gasteiger charge is -2.20. The van der Waals surface area contributed by atoms with Gasteiger partial charge in [0.05, 0.1) is 6.07 Å². The fourth-order valence-corrected chi connectivity index (χ4v) is 3.26. The van der Waals surface area contributed by atoms with Gasteiger partial charge in [0.15, 0.2) is 24.4 Å². The molecule has 0 aliphatic rings. The summed E-state index contributed by atoms with van der Waals surface area (Å²) in [5.41, 5.74) is 1.92. The molecule has 0 N–H and O–H groups in total. The third kappa shape index (κ3) is 5.64. The van der Waals surface area contributed by atoms with E-state index < -0.39 is 30.4 Å². The number of Topliss-reactive ketones (excluding diaryl/α,β-unsaturated/α-hetero) is 1. The Hall–Kier alpha value is -2.72. The quantitative estimate of drug-likeness (QED) is 0.654. The largest absolute Gasteiger partial charge is 0.479 e. The first kappa shape index (κ1) is 21.6. The molecule has 0 amide bonds. The van der Waals surface area contributed by atoms with Crippen molar-refractivity contribution in [2.45, 2.75) is 52.1 Å². The van der Waals surface area contributed by atoms with Crippen LogP contribution < -0.4 is 4.74 Å². The van der Waals surface area contributed by atoms with Crippen LogP contribution in [0.25, 0.3) is 0 Å². The lowest BCUT2D eigenvalue weighted by Crippen LogP contribution is -2.29. The molecule has 0 saturated heterocycles. The number of thiazole rings is 1. The van der Waals surface area contributed by atoms with Gasteiger partial charge < -0.3 is 9.47 Å². The number of ketones is 1. The van der Waals surface area contributed by atoms with Gasteiger partial charge in [0.25, 0.3) is 0 Å². The van der Waals surface area contributed by atoms with E-state index in [1.807, 2.05) is 18.2 Å². The Labute approximate surface area is 169 Å². The lowest BCUT2D eigenvalue weighted by molar-refractivity contribution is -0.154. The minimum Gasteiger partial charge on any atom is -0.479 e. The van der Waals surface area contributed by atoms with Crippen LogP contribution in [0.15, 0.2) is 29.6 Å². The SMILES string of the molecule is Cc1csc([C@H](C#N)C(=O)COC(=O)[C@H](C)Oc2ccc(C(C)(C)C)cc2)n1. The molecule has 0 aliphatic heterocycles. The predicted octanol–water partition coefficient (Wildman–Crippen LogP) is 3.94. The van der Waals surface area contributed by atoms with E-state index in [1.165, 1.54) is 11.3 Å². The smallest absolute Gasteiger partial charge is 0.347 e. The molecule has 7 heteroatoms. The summed E-state index contributed by atoms with van der Waals surface area (Å²) in [6, 6.07) is 9.41. The number of carbonyl (C=O) groups is 2. The summed E-state index contributed by atoms with van der Waals surface area (Å²) >= 11 is 1.24. The van der Waals surface area contributed by atoms with Crippen LogP contribution in [-0.4, -0.2) is 29.4 Å². The molecule has 6 nitrogen and oxygen atoms in total. The number of hydrogen-bond acceptors (Lipinski definition) is 7. The second-order valence-corrected chi connectivity index (χ2v) is 8.39. The first-order valence-electron chi connectivity index (χ1n) is 8.90. The number of aromatic nitrogens is 1. The van der Waals surface area contributed by atoms with Crippen LogP contribution >= 0.6 is 11.3 Å². The monoisotopic (exact) mass is 400 g/mol. The van der Waals surface area contributed by atoms with Crippen molar-refractivity contribution >= 4 is 23.1 Å². The Morgan fingerprint density at radius 1 is 1.25 bits per heavy atom. The molecule has 0 fully saturated rings. The molecule has 2 aromatic rings. The molecule has 1 aromatic carbocycles. The summed E-state index contributed by atoms with van der Waals surface area (Å²) in [5.74, 6) is -1.67. The number of carbonyl (C=O) groups excluding carboxylic acids is 2. The highest BCUT2D eigenvalue weighted by atomic mass is 32.1. The summed E-state index contributed by atoms with van der Waals surface area (Å²) < 4.78 is 10.6. The normalized spacial score (nSPS) is 13.3. The summed E-state index contributed by atoms with van der Waals surface area (Å²) in [6.45, 7) is 9.18. The van der Waals surface area contributed by atoms with Crippen molar-refractivity contribution in [1.29, 1.82) is 5.26 Å². The van der Waals surface area contributed by atoms with Crippen LogP contribution in [0.1, 0.15) is 49.9 Å². The van der Waals surface area contributed by atoms with E-state index in [9.17, 15) is 14.9 Å². The maximum absolute atomic E-state index is 12.2. The van der Waals surface area contributed by atoms with Gasteiger partial charge in [0.2, 0.25) is 0 Å². The number of hydrogen-bond donors (Lipinski definition) is 0. The standard InChI is InChI=1S/C21H24N2O4S/c1-13-12-28-19(23-13)17(10-22)18(24)11-26-20(25)14(2)27-16-8-6-15(7-9-16)21(3,4)5/h6-9,12,14,17H,11H2,1-5H3/t14-,17+/m0/s1. The third-order valence-corrected chi connectivity index (χ3v) is 5.08. The van der Waals surface area contributed by atoms with Crippen molar-refractivity contribution in [3.05, 3.63) is 45.9 Å². The van der Waals surface area contributed by atoms with Crippen molar-refractivity contribution in [1.82, 2.24) is 4.98 Å². The molecule has 1 heterocycles. The highest BCUT2D eigenvalue weighted by molar-refractivity contribution is 7.09. The minimum absolute atomic E-state index is 0.0245. The van der Waals surface area contributed by atoms with E-state index in [2.05, 4.69) is 25.8 Å². The number of ether oxygens (including phenoxy) is 2. The van der Waals surface area contributed by atoms with E-state index in [4.69, 9.17) is 9.47 Å². The number of aryl methyl sites for hydroxylation is 1. The van der Waals surface area contributed by atoms with Gasteiger partial charge in [-0.1, -0.05) is 32.9 Å². The van der Waals surface area contributed by atoms with Crippen molar-refractivity contribution in [2.75, 3.05) is 6.61 Å². The van der Waals surface area contributed by atoms with Crippen molar-refractivity contribution in [2.24, 2.45) is 0 Å². The second-order valence-electron chi connectivity index (χ2n) is 7.50. The molecular formula is C21H24N2O4S. The Bertz CT molecular complexity index is 875. The van der Waals surface area contributed by atoms with E-state index in [-0.39, 0.29) is 5.41 Å². The van der Waals surface area contributed by atoms with Gasteiger partial charge in [-0.2, -0.15) is 5.26 Å². The van der Waals surface area contributed by atoms with Gasteiger partial charge >= 0.3 is 5.97 Å². The van der Waals surface area contributed by atoms with Crippen LogP contribution in [0.2, 0.25) is 0 Å². The van der Waals surface area contributed by atoms with Gasteiger partial charge in [-0.05, 0) is 37.0 Å². The van der Waals surface area contributed by atoms with Crippen LogP contribution in [0, 0.1) is 18.3 Å². The van der Waals surface area contributed by atoms with Gasteiger partial charge in [-0.25, -0.2) is 9.78 Å². The van der Waals surface area contributed by atoms with Crippen LogP contribution in [0.4, 0.5) is 0 Å². The van der Waals surface area contributed by atoms with E-state index >= 15 is 0 Å². The summed E-state index contributed by atoms with van der Waals surface area (Å²) in [5, 5.41) is 11.4. The van der Waals surface area contributed by atoms with Gasteiger partial charge in [-0.3, -0.25) is 4.79 Å². The summed E-state index contributed by atoms with van der Waals surface area (Å²) in [4.78, 5) is 28.5. The van der Waals surface area contributed by atoms with Crippen molar-refractivity contribution < 1.29 is 19.1 Å². The number of nitrogens with zero attached hydrogens (tertiary/aromatic N) is 2. The fraction of sp³-hybridized carbons (Fsp3) is 0.429. The van der Waals surface area contributed by atoms with Gasteiger partial charge in [0.1, 0.15) is 10.8 Å². The zero-order chi connectivity index (χ0) is 20.9. The Morgan fingerprint density at radius 3 is 2.39 bits per heavy atom. The highest BCUT2D eigenvalue weighted by Gasteiger charge is 2.26. The van der Waals surface area contributed by atoms with Crippen LogP contribution in [-0.2, 0) is 19.7 Å². The molecule has 0 bridgehead atoms. The van der Waals surface area contributed by atoms with Crippen LogP contribution in [0.5, 0.6) is 5.75 Å². The van der Waals surface area contributed by atoms with Crippen molar-refractivity contribution in [3.63, 3.8) is 0 Å². The fourth-order valence-electron chi connectivity index (χ4n) is 2.40. The van der Waals surface area contributed by atoms with E-state index in [0.29, 0.717) is 10.8 Å². The second kappa shape index (κ2) is 8.98. The molecular weight excluding hydrogens is 376 g/mol. The molecule has 28 heavy (non-hydrogen) atoms. The molecule has 0 radical (unpaired) electrons. The Balaban J connectivity index is 1.90. The highest BCUT2D eigenvalue weighted by Crippen LogP contribution is 2.25. The minimum atomic E-state index is -1.03. The zero-order valence-corrected chi connectivity index (χ0v) is 17.5. The molecule has 148 valence electrons. The predicted molar refractivity (Wildman–Crippen MR) is 106 cm³/mol. The maximum atomic E-state index is 12.2. The third-order valence-electron chi connectivity index (χ3n) is 4.06. The molecule has 1 aromatic heterocycles. The molecule has 2 atom stereocenters. The number of esters is 1. The number of rotatable bonds is 7. The molecule has 2 rings (SSSR count). The molecule has 0 aliphatic carbocycles. The first-order valence-corrected chi connectivity index (χ1v) is 9.78. The van der Waals surface area contributed by atoms with Crippen LogP contribution in [0.3, 0.4) is 0 Å². The average Bonchev–Trinajstić information content (AvgIpc) is 3.06. The van der Waals surface area contributed by atoms with Gasteiger partial charge in [-0.15, -0.1) is 11.3 Å². The molecule has 0 unspecified atom stereocenters. The summed E-state index contributed by atoms with van der Waals surface area (Å²) in [6.07, 6.45) is -0.879. The van der Waals surface area contributed by atoms with E-state index in [0.717, 1.165) is 11.3 Å². The Morgan fingerprint density at radius 2 is 1.89 bits per heavy atom. The first-order chi connectivity index (χ1) is 13.1. The van der Waals surface area contributed by atoms with Crippen molar-refractivity contribution in [3.8, 4) is 11.8 Å². The number of nitriles is 1. The van der Waals surface area contributed by atoms with E-state index in [1.54, 1.807) is 31.4 Å². The Kier molecular flexibility index (Phi) is 6.92. The van der Waals surface area contributed by atoms with Gasteiger partial charge in [0, 0.05) is 11.1 Å². The zero-order valence-electron chi connectivity index (χ0n) is 16.7. The lowest BCUT2D eigenvalue weighted by atomic mass is 9.87. The molecule has 0 spiro atoms. The molecule has 0 saturated carbocycles. The maximum Gasteiger partial charge on any atom is 0.347 e. The topological polar surface area (TPSA) is 89.3 Å². The number of benzene rings is 1. The average molecular weight is 401 g/mol.